The molecule has 7 heteroatoms. The van der Waals surface area contributed by atoms with Crippen LogP contribution in [-0.2, 0) is 6.54 Å². The Labute approximate surface area is 239 Å². The summed E-state index contributed by atoms with van der Waals surface area (Å²) in [5.74, 6) is 0.847. The van der Waals surface area contributed by atoms with E-state index in [0.29, 0.717) is 30.8 Å². The van der Waals surface area contributed by atoms with E-state index < -0.39 is 0 Å². The van der Waals surface area contributed by atoms with Crippen molar-refractivity contribution < 1.29 is 14.3 Å². The Morgan fingerprint density at radius 2 is 1.41 bits per heavy atom. The predicted molar refractivity (Wildman–Crippen MR) is 160 cm³/mol. The summed E-state index contributed by atoms with van der Waals surface area (Å²) in [6.45, 7) is 5.17. The molecule has 0 bridgehead atoms. The van der Waals surface area contributed by atoms with Crippen molar-refractivity contribution in [3.05, 3.63) is 114 Å². The van der Waals surface area contributed by atoms with Gasteiger partial charge in [-0.15, -0.1) is 0 Å². The summed E-state index contributed by atoms with van der Waals surface area (Å²) in [5.41, 5.74) is 7.52. The summed E-state index contributed by atoms with van der Waals surface area (Å²) in [5, 5.41) is 0. The lowest BCUT2D eigenvalue weighted by Gasteiger charge is -2.34. The first-order chi connectivity index (χ1) is 20.0. The van der Waals surface area contributed by atoms with Crippen molar-refractivity contribution in [1.82, 2.24) is 19.2 Å². The zero-order valence-electron chi connectivity index (χ0n) is 23.3. The number of pyridine rings is 1. The second kappa shape index (κ2) is 11.4. The van der Waals surface area contributed by atoms with Crippen molar-refractivity contribution in [2.45, 2.75) is 13.5 Å². The molecule has 6 rings (SSSR count). The van der Waals surface area contributed by atoms with Crippen LogP contribution in [0.5, 0.6) is 5.75 Å². The first-order valence-electron chi connectivity index (χ1n) is 13.8. The molecule has 1 aliphatic rings. The quantitative estimate of drug-likeness (QED) is 0.241. The number of fused-ring (bicyclic) bond motifs is 1. The molecule has 0 N–H and O–H groups in total. The number of amides is 1. The van der Waals surface area contributed by atoms with Crippen LogP contribution in [0.4, 0.5) is 0 Å². The molecule has 0 aliphatic carbocycles. The molecule has 41 heavy (non-hydrogen) atoms. The van der Waals surface area contributed by atoms with Crippen LogP contribution in [0.1, 0.15) is 33.3 Å². The molecule has 206 valence electrons. The summed E-state index contributed by atoms with van der Waals surface area (Å²) in [6, 6.07) is 29.4. The lowest BCUT2D eigenvalue weighted by Crippen LogP contribution is -2.48. The number of nitrogens with zero attached hydrogens (tertiary/aromatic N) is 4. The minimum Gasteiger partial charge on any atom is -0.497 e. The fourth-order valence-electron chi connectivity index (χ4n) is 5.38. The lowest BCUT2D eigenvalue weighted by molar-refractivity contribution is 0.0626. The number of imidazole rings is 1. The van der Waals surface area contributed by atoms with E-state index in [2.05, 4.69) is 39.8 Å². The maximum Gasteiger partial charge on any atom is 0.253 e. The first-order valence-corrected chi connectivity index (χ1v) is 13.8. The van der Waals surface area contributed by atoms with Gasteiger partial charge in [-0.25, -0.2) is 4.98 Å². The number of carbonyl (C=O) groups excluding carboxylic acids is 2. The van der Waals surface area contributed by atoms with E-state index >= 15 is 0 Å². The number of methoxy groups -OCH3 is 1. The van der Waals surface area contributed by atoms with Gasteiger partial charge in [0.15, 0.2) is 5.78 Å². The highest BCUT2D eigenvalue weighted by molar-refractivity contribution is 5.95. The average Bonchev–Trinajstić information content (AvgIpc) is 3.39. The molecule has 2 aromatic heterocycles. The number of ether oxygens (including phenoxy) is 1. The minimum atomic E-state index is 0.0486. The predicted octanol–water partition coefficient (Wildman–Crippen LogP) is 5.84. The third-order valence-corrected chi connectivity index (χ3v) is 7.76. The Hall–Kier alpha value is -4.75. The Balaban J connectivity index is 1.26. The van der Waals surface area contributed by atoms with Gasteiger partial charge in [-0.2, -0.15) is 0 Å². The molecule has 1 amide bonds. The van der Waals surface area contributed by atoms with Crippen LogP contribution in [0.25, 0.3) is 28.0 Å². The third-order valence-electron chi connectivity index (χ3n) is 7.76. The van der Waals surface area contributed by atoms with Crippen molar-refractivity contribution in [3.63, 3.8) is 0 Å². The zero-order chi connectivity index (χ0) is 28.3. The van der Waals surface area contributed by atoms with E-state index in [4.69, 9.17) is 9.72 Å². The van der Waals surface area contributed by atoms with Crippen LogP contribution < -0.4 is 4.74 Å². The maximum absolute atomic E-state index is 13.1. The lowest BCUT2D eigenvalue weighted by atomic mass is 10.0. The van der Waals surface area contributed by atoms with Crippen molar-refractivity contribution >= 4 is 17.3 Å². The molecular formula is C34H32N4O3. The van der Waals surface area contributed by atoms with Gasteiger partial charge in [0.2, 0.25) is 0 Å². The van der Waals surface area contributed by atoms with Gasteiger partial charge in [0.05, 0.1) is 18.5 Å². The summed E-state index contributed by atoms with van der Waals surface area (Å²) < 4.78 is 7.41. The molecule has 5 aromatic rings. The Bertz CT molecular complexity index is 1680. The monoisotopic (exact) mass is 544 g/mol. The number of piperazine rings is 1. The summed E-state index contributed by atoms with van der Waals surface area (Å²) in [6.07, 6.45) is 2.14. The Morgan fingerprint density at radius 3 is 2.07 bits per heavy atom. The number of Topliss-reactive ketones (excluding diaryl/α,β-unsaturated/α-hetero) is 1. The van der Waals surface area contributed by atoms with Gasteiger partial charge >= 0.3 is 0 Å². The van der Waals surface area contributed by atoms with Crippen LogP contribution in [0.3, 0.4) is 0 Å². The van der Waals surface area contributed by atoms with Crippen molar-refractivity contribution in [3.8, 4) is 28.1 Å². The molecular weight excluding hydrogens is 512 g/mol. The maximum atomic E-state index is 13.1. The number of benzene rings is 3. The third kappa shape index (κ3) is 5.49. The normalized spacial score (nSPS) is 13.9. The molecule has 3 aromatic carbocycles. The highest BCUT2D eigenvalue weighted by Crippen LogP contribution is 2.29. The highest BCUT2D eigenvalue weighted by Gasteiger charge is 2.24. The standard InChI is InChI=1S/C34H32N4O3/c1-24(39)25-8-10-26(11-9-25)29-14-17-32-35-33(27-6-4-3-5-7-27)31(38(32)22-29)23-36-18-20-37(21-19-36)34(40)28-12-15-30(41-2)16-13-28/h3-17,22H,18-21,23H2,1-2H3. The minimum absolute atomic E-state index is 0.0486. The van der Waals surface area contributed by atoms with Gasteiger partial charge in [0.1, 0.15) is 11.4 Å². The number of hydrogen-bond donors (Lipinski definition) is 0. The summed E-state index contributed by atoms with van der Waals surface area (Å²) in [7, 11) is 1.62. The number of ketones is 1. The van der Waals surface area contributed by atoms with Crippen molar-refractivity contribution in [2.24, 2.45) is 0 Å². The van der Waals surface area contributed by atoms with Gasteiger partial charge in [0.25, 0.3) is 5.91 Å². The van der Waals surface area contributed by atoms with Crippen molar-refractivity contribution in [1.29, 1.82) is 0 Å². The molecule has 1 fully saturated rings. The second-order valence-electron chi connectivity index (χ2n) is 10.3. The fraction of sp³-hybridized carbons (Fsp3) is 0.206. The topological polar surface area (TPSA) is 67.2 Å². The molecule has 1 saturated heterocycles. The van der Waals surface area contributed by atoms with Gasteiger partial charge in [-0.3, -0.25) is 14.5 Å². The molecule has 0 spiro atoms. The second-order valence-corrected chi connectivity index (χ2v) is 10.3. The van der Waals surface area contributed by atoms with Crippen molar-refractivity contribution in [2.75, 3.05) is 33.3 Å². The van der Waals surface area contributed by atoms with E-state index in [-0.39, 0.29) is 11.7 Å². The van der Waals surface area contributed by atoms with Crippen LogP contribution in [-0.4, -0.2) is 64.2 Å². The highest BCUT2D eigenvalue weighted by atomic mass is 16.5. The molecule has 1 aliphatic heterocycles. The molecule has 0 unspecified atom stereocenters. The van der Waals surface area contributed by atoms with Gasteiger partial charge in [-0.05, 0) is 54.4 Å². The van der Waals surface area contributed by atoms with Crippen LogP contribution in [0, 0.1) is 0 Å². The molecule has 0 atom stereocenters. The summed E-state index contributed by atoms with van der Waals surface area (Å²) >= 11 is 0. The number of carbonyl (C=O) groups is 2. The van der Waals surface area contributed by atoms with E-state index in [1.54, 1.807) is 14.0 Å². The number of rotatable bonds is 7. The van der Waals surface area contributed by atoms with Crippen LogP contribution in [0.2, 0.25) is 0 Å². The zero-order valence-corrected chi connectivity index (χ0v) is 23.3. The summed E-state index contributed by atoms with van der Waals surface area (Å²) in [4.78, 5) is 34.2. The van der Waals surface area contributed by atoms with E-state index in [1.807, 2.05) is 71.6 Å². The molecule has 7 nitrogen and oxygen atoms in total. The fourth-order valence-corrected chi connectivity index (χ4v) is 5.38. The van der Waals surface area contributed by atoms with E-state index in [9.17, 15) is 9.59 Å². The van der Waals surface area contributed by atoms with Gasteiger partial charge in [0, 0.05) is 55.6 Å². The number of aromatic nitrogens is 2. The Kier molecular flexibility index (Phi) is 7.35. The molecule has 0 saturated carbocycles. The largest absolute Gasteiger partial charge is 0.497 e. The Morgan fingerprint density at radius 1 is 0.756 bits per heavy atom. The van der Waals surface area contributed by atoms with Gasteiger partial charge in [-0.1, -0.05) is 54.6 Å². The molecule has 0 radical (unpaired) electrons. The van der Waals surface area contributed by atoms with E-state index in [1.165, 1.54) is 0 Å². The van der Waals surface area contributed by atoms with Crippen LogP contribution >= 0.6 is 0 Å². The average molecular weight is 545 g/mol. The van der Waals surface area contributed by atoms with E-state index in [0.717, 1.165) is 52.6 Å². The first kappa shape index (κ1) is 26.5. The smallest absolute Gasteiger partial charge is 0.253 e. The number of hydrogen-bond acceptors (Lipinski definition) is 5. The van der Waals surface area contributed by atoms with Gasteiger partial charge < -0.3 is 14.0 Å². The molecule has 3 heterocycles. The van der Waals surface area contributed by atoms with Crippen LogP contribution in [0.15, 0.2) is 97.2 Å². The SMILES string of the molecule is COc1ccc(C(=O)N2CCN(Cc3c(-c4ccccc4)nc4ccc(-c5ccc(C(C)=O)cc5)cn34)CC2)cc1.